The average Bonchev–Trinajstić information content (AvgIpc) is 3.24. The van der Waals surface area contributed by atoms with Crippen molar-refractivity contribution >= 4 is 38.5 Å². The molecular formula is C22H16F2N6O3S. The highest BCUT2D eigenvalue weighted by Crippen LogP contribution is 2.29. The molecule has 0 saturated carbocycles. The molecule has 4 rings (SSSR count). The molecule has 0 spiro atoms. The Morgan fingerprint density at radius 3 is 2.53 bits per heavy atom. The summed E-state index contributed by atoms with van der Waals surface area (Å²) in [4.78, 5) is 31.1. The van der Waals surface area contributed by atoms with Crippen molar-refractivity contribution in [1.29, 1.82) is 0 Å². The lowest BCUT2D eigenvalue weighted by atomic mass is 10.0. The van der Waals surface area contributed by atoms with Crippen molar-refractivity contribution in [2.75, 3.05) is 10.5 Å². The molecule has 9 nitrogen and oxygen atoms in total. The van der Waals surface area contributed by atoms with Gasteiger partial charge in [0.25, 0.3) is 0 Å². The number of carbonyl (C=O) groups is 1. The highest BCUT2D eigenvalue weighted by molar-refractivity contribution is 7.92. The largest absolute Gasteiger partial charge is 0.394 e. The lowest BCUT2D eigenvalue weighted by Crippen LogP contribution is -2.18. The number of rotatable bonds is 7. The van der Waals surface area contributed by atoms with Crippen molar-refractivity contribution in [2.45, 2.75) is 13.3 Å². The van der Waals surface area contributed by atoms with Crippen LogP contribution < -0.4 is 4.72 Å². The number of aromatic nitrogens is 4. The monoisotopic (exact) mass is 482 g/mol. The van der Waals surface area contributed by atoms with E-state index in [1.165, 1.54) is 24.8 Å². The summed E-state index contributed by atoms with van der Waals surface area (Å²) in [6.07, 6.45) is 5.90. The van der Waals surface area contributed by atoms with Gasteiger partial charge in [-0.05, 0) is 24.6 Å². The van der Waals surface area contributed by atoms with Crippen LogP contribution in [0.2, 0.25) is 0 Å². The molecule has 0 fully saturated rings. The van der Waals surface area contributed by atoms with Crippen LogP contribution in [0.3, 0.4) is 0 Å². The maximum Gasteiger partial charge on any atom is 0.371 e. The first-order valence-electron chi connectivity index (χ1n) is 9.94. The number of nitrogens with zero attached hydrogens (tertiary/aromatic N) is 4. The summed E-state index contributed by atoms with van der Waals surface area (Å²) < 4.78 is 55.8. The minimum absolute atomic E-state index is 0.0318. The highest BCUT2D eigenvalue weighted by Gasteiger charge is 2.26. The molecular weight excluding hydrogens is 466 g/mol. The van der Waals surface area contributed by atoms with Crippen molar-refractivity contribution in [3.8, 4) is 11.1 Å². The van der Waals surface area contributed by atoms with Gasteiger partial charge in [0.1, 0.15) is 11.5 Å². The standard InChI is InChI=1S/C22H16F2N6O3S/c1-3-6-34(32,33)30-17-5-4-16(23)18(19(17)24)20(31)15-11-27-21-14(15)7-12(8-26-21)13-9-28-22(25-2)29-10-13/h4-5,7-11,30H,3,6H2,1H3,(H,26,27). The normalized spacial score (nSPS) is 11.4. The van der Waals surface area contributed by atoms with E-state index in [0.717, 1.165) is 12.1 Å². The molecule has 3 aromatic heterocycles. The van der Waals surface area contributed by atoms with Crippen LogP contribution in [0.4, 0.5) is 20.4 Å². The summed E-state index contributed by atoms with van der Waals surface area (Å²) in [5, 5.41) is 0.285. The molecule has 172 valence electrons. The minimum Gasteiger partial charge on any atom is -0.394 e. The molecule has 12 heteroatoms. The van der Waals surface area contributed by atoms with Gasteiger partial charge in [0.05, 0.1) is 29.4 Å². The Kier molecular flexibility index (Phi) is 6.04. The first kappa shape index (κ1) is 22.9. The molecule has 0 aliphatic rings. The van der Waals surface area contributed by atoms with Gasteiger partial charge in [-0.3, -0.25) is 9.52 Å². The van der Waals surface area contributed by atoms with Gasteiger partial charge in [-0.2, -0.15) is 9.97 Å². The average molecular weight is 482 g/mol. The molecule has 2 N–H and O–H groups in total. The molecule has 4 aromatic rings. The summed E-state index contributed by atoms with van der Waals surface area (Å²) in [5.74, 6) is -3.73. The summed E-state index contributed by atoms with van der Waals surface area (Å²) in [6.45, 7) is 8.57. The number of benzene rings is 1. The van der Waals surface area contributed by atoms with E-state index in [2.05, 4.69) is 29.5 Å². The Bertz CT molecular complexity index is 1560. The first-order valence-corrected chi connectivity index (χ1v) is 11.6. The molecule has 0 amide bonds. The zero-order valence-corrected chi connectivity index (χ0v) is 18.4. The molecule has 0 unspecified atom stereocenters. The Labute approximate surface area is 192 Å². The molecule has 0 aliphatic heterocycles. The van der Waals surface area contributed by atoms with Gasteiger partial charge < -0.3 is 9.83 Å². The molecule has 0 atom stereocenters. The summed E-state index contributed by atoms with van der Waals surface area (Å²) in [5.41, 5.74) is -0.145. The Morgan fingerprint density at radius 2 is 1.85 bits per heavy atom. The van der Waals surface area contributed by atoms with Crippen molar-refractivity contribution in [1.82, 2.24) is 19.9 Å². The van der Waals surface area contributed by atoms with E-state index in [0.29, 0.717) is 23.2 Å². The number of H-pyrrole nitrogens is 1. The number of carbonyl (C=O) groups excluding carboxylic acids is 1. The Morgan fingerprint density at radius 1 is 1.15 bits per heavy atom. The number of fused-ring (bicyclic) bond motifs is 1. The van der Waals surface area contributed by atoms with Crippen LogP contribution in [0.1, 0.15) is 29.3 Å². The second-order valence-corrected chi connectivity index (χ2v) is 9.08. The number of aromatic amines is 1. The number of halogens is 2. The Balaban J connectivity index is 1.77. The van der Waals surface area contributed by atoms with E-state index in [9.17, 15) is 17.6 Å². The van der Waals surface area contributed by atoms with Crippen LogP contribution in [0, 0.1) is 18.2 Å². The van der Waals surface area contributed by atoms with Crippen LogP contribution in [0.5, 0.6) is 0 Å². The third-order valence-electron chi connectivity index (χ3n) is 4.90. The van der Waals surface area contributed by atoms with Gasteiger partial charge in [0, 0.05) is 34.5 Å². The fourth-order valence-electron chi connectivity index (χ4n) is 3.34. The summed E-state index contributed by atoms with van der Waals surface area (Å²) in [6, 6.07) is 3.33. The molecule has 34 heavy (non-hydrogen) atoms. The number of nitrogens with one attached hydrogen (secondary N) is 2. The fraction of sp³-hybridized carbons (Fsp3) is 0.136. The van der Waals surface area contributed by atoms with Crippen LogP contribution in [0.25, 0.3) is 27.0 Å². The smallest absolute Gasteiger partial charge is 0.371 e. The van der Waals surface area contributed by atoms with Crippen LogP contribution in [0.15, 0.2) is 43.0 Å². The van der Waals surface area contributed by atoms with Gasteiger partial charge in [-0.15, -0.1) is 6.57 Å². The van der Waals surface area contributed by atoms with Crippen LogP contribution in [-0.2, 0) is 10.0 Å². The minimum atomic E-state index is -3.86. The third-order valence-corrected chi connectivity index (χ3v) is 6.38. The zero-order chi connectivity index (χ0) is 24.5. The predicted octanol–water partition coefficient (Wildman–Crippen LogP) is 4.23. The highest BCUT2D eigenvalue weighted by atomic mass is 32.2. The maximum absolute atomic E-state index is 15.1. The number of ketones is 1. The molecule has 0 bridgehead atoms. The summed E-state index contributed by atoms with van der Waals surface area (Å²) >= 11 is 0. The van der Waals surface area contributed by atoms with Gasteiger partial charge >= 0.3 is 5.95 Å². The number of hydrogen-bond donors (Lipinski definition) is 2. The van der Waals surface area contributed by atoms with Gasteiger partial charge in [-0.1, -0.05) is 6.92 Å². The lowest BCUT2D eigenvalue weighted by molar-refractivity contribution is 0.103. The molecule has 3 heterocycles. The number of hydrogen-bond acceptors (Lipinski definition) is 6. The van der Waals surface area contributed by atoms with Crippen molar-refractivity contribution < 1.29 is 22.0 Å². The predicted molar refractivity (Wildman–Crippen MR) is 121 cm³/mol. The van der Waals surface area contributed by atoms with Crippen LogP contribution >= 0.6 is 0 Å². The number of sulfonamides is 1. The van der Waals surface area contributed by atoms with Gasteiger partial charge in [0.15, 0.2) is 5.82 Å². The van der Waals surface area contributed by atoms with Gasteiger partial charge in [-0.25, -0.2) is 22.2 Å². The number of pyridine rings is 1. The lowest BCUT2D eigenvalue weighted by Gasteiger charge is -2.11. The molecule has 1 aromatic carbocycles. The molecule has 0 radical (unpaired) electrons. The van der Waals surface area contributed by atoms with Crippen molar-refractivity contribution in [2.24, 2.45) is 0 Å². The Hall–Kier alpha value is -4.24. The second kappa shape index (κ2) is 8.95. The van der Waals surface area contributed by atoms with E-state index in [4.69, 9.17) is 6.57 Å². The van der Waals surface area contributed by atoms with E-state index < -0.39 is 38.7 Å². The van der Waals surface area contributed by atoms with E-state index in [-0.39, 0.29) is 22.7 Å². The maximum atomic E-state index is 15.1. The first-order chi connectivity index (χ1) is 16.2. The summed E-state index contributed by atoms with van der Waals surface area (Å²) in [7, 11) is -3.86. The topological polar surface area (TPSA) is 122 Å². The molecule has 0 saturated heterocycles. The second-order valence-electron chi connectivity index (χ2n) is 7.24. The quantitative estimate of drug-likeness (QED) is 0.300. The fourth-order valence-corrected chi connectivity index (χ4v) is 4.47. The third kappa shape index (κ3) is 4.33. The van der Waals surface area contributed by atoms with Crippen molar-refractivity contribution in [3.05, 3.63) is 77.2 Å². The number of anilines is 1. The van der Waals surface area contributed by atoms with E-state index in [1.54, 1.807) is 13.0 Å². The van der Waals surface area contributed by atoms with Crippen molar-refractivity contribution in [3.63, 3.8) is 0 Å². The van der Waals surface area contributed by atoms with Gasteiger partial charge in [0.2, 0.25) is 15.8 Å². The van der Waals surface area contributed by atoms with E-state index in [1.807, 2.05) is 0 Å². The van der Waals surface area contributed by atoms with Crippen LogP contribution in [-0.4, -0.2) is 39.9 Å². The SMILES string of the molecule is [C-]#[N+]c1ncc(-c2cnc3[nH]cc(C(=O)c4c(F)ccc(NS(=O)(=O)CCC)c4F)c3c2)cn1. The van der Waals surface area contributed by atoms with E-state index >= 15 is 4.39 Å². The zero-order valence-electron chi connectivity index (χ0n) is 17.6. The molecule has 0 aliphatic carbocycles.